The molecule has 4 heteroatoms. The van der Waals surface area contributed by atoms with Crippen molar-refractivity contribution in [1.29, 1.82) is 0 Å². The summed E-state index contributed by atoms with van der Waals surface area (Å²) in [6, 6.07) is 0. The molecule has 1 heterocycles. The molecule has 1 aromatic carbocycles. The zero-order valence-corrected chi connectivity index (χ0v) is 10.4. The lowest BCUT2D eigenvalue weighted by Gasteiger charge is -2.29. The van der Waals surface area contributed by atoms with Gasteiger partial charge in [0, 0.05) is 5.56 Å². The number of aromatic hydroxyl groups is 2. The zero-order chi connectivity index (χ0) is 12.9. The predicted molar refractivity (Wildman–Crippen MR) is 62.5 cm³/mol. The fraction of sp³-hybridized carbons (Fsp3) is 0.462. The summed E-state index contributed by atoms with van der Waals surface area (Å²) in [4.78, 5) is 12.0. The number of ether oxygens (including phenoxy) is 1. The van der Waals surface area contributed by atoms with Crippen molar-refractivity contribution in [1.82, 2.24) is 0 Å². The van der Waals surface area contributed by atoms with E-state index in [1.807, 2.05) is 0 Å². The van der Waals surface area contributed by atoms with Crippen molar-refractivity contribution in [2.45, 2.75) is 39.9 Å². The van der Waals surface area contributed by atoms with Crippen LogP contribution in [0.3, 0.4) is 0 Å². The van der Waals surface area contributed by atoms with Crippen LogP contribution >= 0.6 is 0 Å². The molecule has 0 amide bonds. The number of benzene rings is 1. The van der Waals surface area contributed by atoms with Gasteiger partial charge in [-0.05, 0) is 38.8 Å². The minimum atomic E-state index is -0.593. The largest absolute Gasteiger partial charge is 0.507 e. The van der Waals surface area contributed by atoms with Gasteiger partial charge in [0.25, 0.3) is 0 Å². The van der Waals surface area contributed by atoms with Gasteiger partial charge in [-0.25, -0.2) is 0 Å². The normalized spacial score (nSPS) is 23.6. The average molecular weight is 236 g/mol. The van der Waals surface area contributed by atoms with Crippen LogP contribution in [0, 0.1) is 13.8 Å². The number of phenolic OH excluding ortho intramolecular Hbond substituents is 2. The van der Waals surface area contributed by atoms with Gasteiger partial charge in [-0.2, -0.15) is 0 Å². The highest BCUT2D eigenvalue weighted by molar-refractivity contribution is 6.05. The van der Waals surface area contributed by atoms with E-state index in [0.717, 1.165) is 0 Å². The standard InChI is InChI=1S/C13H16O4/c1-5-6(2)12(15)10-9(11(5)14)7(3)17-8(4)13(10)16/h7-8,14-15H,1-4H3. The van der Waals surface area contributed by atoms with Crippen molar-refractivity contribution >= 4 is 5.78 Å². The summed E-state index contributed by atoms with van der Waals surface area (Å²) in [5, 5.41) is 20.1. The van der Waals surface area contributed by atoms with Crippen LogP contribution in [-0.4, -0.2) is 22.1 Å². The summed E-state index contributed by atoms with van der Waals surface area (Å²) in [5.41, 5.74) is 1.72. The summed E-state index contributed by atoms with van der Waals surface area (Å²) in [6.07, 6.45) is -0.993. The SMILES string of the molecule is Cc1c(C)c(O)c2c(c1O)C(=O)C(C)OC2C. The second-order valence-corrected chi connectivity index (χ2v) is 4.52. The summed E-state index contributed by atoms with van der Waals surface area (Å²) in [7, 11) is 0. The molecule has 0 fully saturated rings. The number of hydrogen-bond donors (Lipinski definition) is 2. The average Bonchev–Trinajstić information content (AvgIpc) is 2.28. The number of rotatable bonds is 0. The Morgan fingerprint density at radius 1 is 1.00 bits per heavy atom. The lowest BCUT2D eigenvalue weighted by molar-refractivity contribution is 0.00163. The molecule has 0 aromatic heterocycles. The van der Waals surface area contributed by atoms with Crippen molar-refractivity contribution in [2.24, 2.45) is 0 Å². The summed E-state index contributed by atoms with van der Waals surface area (Å²) in [5.74, 6) is -0.278. The molecule has 0 saturated heterocycles. The highest BCUT2D eigenvalue weighted by Gasteiger charge is 2.35. The monoisotopic (exact) mass is 236 g/mol. The van der Waals surface area contributed by atoms with E-state index in [0.29, 0.717) is 16.7 Å². The minimum Gasteiger partial charge on any atom is -0.507 e. The van der Waals surface area contributed by atoms with E-state index >= 15 is 0 Å². The quantitative estimate of drug-likeness (QED) is 0.679. The molecule has 92 valence electrons. The van der Waals surface area contributed by atoms with Crippen LogP contribution in [0.5, 0.6) is 11.5 Å². The van der Waals surface area contributed by atoms with E-state index in [9.17, 15) is 15.0 Å². The van der Waals surface area contributed by atoms with Crippen molar-refractivity contribution < 1.29 is 19.7 Å². The lowest BCUT2D eigenvalue weighted by Crippen LogP contribution is -2.30. The maximum Gasteiger partial charge on any atom is 0.195 e. The Morgan fingerprint density at radius 3 is 2.12 bits per heavy atom. The Hall–Kier alpha value is -1.55. The van der Waals surface area contributed by atoms with Crippen molar-refractivity contribution in [3.63, 3.8) is 0 Å². The summed E-state index contributed by atoms with van der Waals surface area (Å²) >= 11 is 0. The Balaban J connectivity index is 2.83. The molecule has 17 heavy (non-hydrogen) atoms. The third kappa shape index (κ3) is 1.52. The van der Waals surface area contributed by atoms with E-state index in [1.165, 1.54) is 0 Å². The predicted octanol–water partition coefficient (Wildman–Crippen LogP) is 2.38. The minimum absolute atomic E-state index is 0.0395. The van der Waals surface area contributed by atoms with Crippen LogP contribution in [0.25, 0.3) is 0 Å². The summed E-state index contributed by atoms with van der Waals surface area (Å²) < 4.78 is 5.43. The molecule has 1 aliphatic heterocycles. The van der Waals surface area contributed by atoms with Crippen LogP contribution in [-0.2, 0) is 4.74 Å². The Bertz CT molecular complexity index is 505. The second kappa shape index (κ2) is 3.74. The Labute approximate surface area is 99.8 Å². The van der Waals surface area contributed by atoms with Crippen LogP contribution in [0.4, 0.5) is 0 Å². The topological polar surface area (TPSA) is 66.8 Å². The fourth-order valence-electron chi connectivity index (χ4n) is 2.28. The van der Waals surface area contributed by atoms with Crippen molar-refractivity contribution in [3.05, 3.63) is 22.3 Å². The van der Waals surface area contributed by atoms with Gasteiger partial charge in [-0.3, -0.25) is 4.79 Å². The Morgan fingerprint density at radius 2 is 1.53 bits per heavy atom. The first-order valence-electron chi connectivity index (χ1n) is 5.60. The summed E-state index contributed by atoms with van der Waals surface area (Å²) in [6.45, 7) is 6.80. The van der Waals surface area contributed by atoms with E-state index in [4.69, 9.17) is 4.74 Å². The highest BCUT2D eigenvalue weighted by atomic mass is 16.5. The molecular formula is C13H16O4. The van der Waals surface area contributed by atoms with Gasteiger partial charge >= 0.3 is 0 Å². The highest BCUT2D eigenvalue weighted by Crippen LogP contribution is 2.44. The first-order chi connectivity index (χ1) is 7.86. The van der Waals surface area contributed by atoms with Crippen LogP contribution in [0.2, 0.25) is 0 Å². The molecular weight excluding hydrogens is 220 g/mol. The van der Waals surface area contributed by atoms with Crippen LogP contribution < -0.4 is 0 Å². The van der Waals surface area contributed by atoms with Crippen molar-refractivity contribution in [3.8, 4) is 11.5 Å². The van der Waals surface area contributed by atoms with E-state index in [-0.39, 0.29) is 22.8 Å². The molecule has 0 spiro atoms. The molecule has 2 unspecified atom stereocenters. The third-order valence-electron chi connectivity index (χ3n) is 3.46. The zero-order valence-electron chi connectivity index (χ0n) is 10.4. The molecule has 2 rings (SSSR count). The van der Waals surface area contributed by atoms with E-state index in [1.54, 1.807) is 27.7 Å². The molecule has 0 saturated carbocycles. The van der Waals surface area contributed by atoms with Crippen LogP contribution in [0.15, 0.2) is 0 Å². The number of hydrogen-bond acceptors (Lipinski definition) is 4. The third-order valence-corrected chi connectivity index (χ3v) is 3.46. The van der Waals surface area contributed by atoms with Gasteiger partial charge in [0.1, 0.15) is 17.6 Å². The Kier molecular flexibility index (Phi) is 2.62. The number of phenols is 2. The van der Waals surface area contributed by atoms with Gasteiger partial charge in [-0.15, -0.1) is 0 Å². The van der Waals surface area contributed by atoms with Crippen LogP contribution in [0.1, 0.15) is 47.0 Å². The molecule has 0 bridgehead atoms. The van der Waals surface area contributed by atoms with Gasteiger partial charge in [0.05, 0.1) is 11.7 Å². The molecule has 0 radical (unpaired) electrons. The number of carbonyl (C=O) groups excluding carboxylic acids is 1. The molecule has 2 N–H and O–H groups in total. The van der Waals surface area contributed by atoms with Crippen molar-refractivity contribution in [2.75, 3.05) is 0 Å². The smallest absolute Gasteiger partial charge is 0.195 e. The number of carbonyl (C=O) groups is 1. The second-order valence-electron chi connectivity index (χ2n) is 4.52. The number of ketones is 1. The lowest BCUT2D eigenvalue weighted by atomic mass is 9.88. The van der Waals surface area contributed by atoms with Gasteiger partial charge in [0.2, 0.25) is 0 Å². The molecule has 4 nitrogen and oxygen atoms in total. The molecule has 0 aliphatic carbocycles. The molecule has 1 aliphatic rings. The first kappa shape index (κ1) is 11.9. The number of fused-ring (bicyclic) bond motifs is 1. The number of Topliss-reactive ketones (excluding diaryl/α,β-unsaturated/α-hetero) is 1. The fourth-order valence-corrected chi connectivity index (χ4v) is 2.28. The first-order valence-corrected chi connectivity index (χ1v) is 5.60. The van der Waals surface area contributed by atoms with Gasteiger partial charge in [-0.1, -0.05) is 0 Å². The maximum absolute atomic E-state index is 12.0. The van der Waals surface area contributed by atoms with Gasteiger partial charge < -0.3 is 14.9 Å². The molecule has 2 atom stereocenters. The molecule has 1 aromatic rings. The van der Waals surface area contributed by atoms with E-state index < -0.39 is 12.2 Å². The maximum atomic E-state index is 12.0. The van der Waals surface area contributed by atoms with Gasteiger partial charge in [0.15, 0.2) is 5.78 Å². The van der Waals surface area contributed by atoms with E-state index in [2.05, 4.69) is 0 Å².